The molecule has 0 unspecified atom stereocenters. The Morgan fingerprint density at radius 3 is 0.923 bits per heavy atom. The van der Waals surface area contributed by atoms with Gasteiger partial charge < -0.3 is 74.0 Å². The first-order chi connectivity index (χ1) is 36.4. The molecular formula is C50H78N2O26. The molecule has 0 aliphatic heterocycles. The Morgan fingerprint density at radius 2 is 0.641 bits per heavy atom. The largest absolute Gasteiger partial charge is 0.464 e. The standard InChI is InChI=1S/C50H78N2O26/c1-44(15-13-11-9-8-10-12-14-16-72-37(61)34-17-35(51(68)69)19-36(18-34)52(70)71,28-73-42(66)49(6,30-75-38(62)45(2,20-53)21-54)31-76-39(63)46(3,22-55)23-56)29-74-43(67)50(7,32-77-40(64)47(4,24-57)25-58)33-78-41(65)48(5,26-59)27-60/h17-19,53-60H,8-16,20-33H2,1-7H3. The summed E-state index contributed by atoms with van der Waals surface area (Å²) in [6.07, 6.45) is 4.05. The predicted molar refractivity (Wildman–Crippen MR) is 266 cm³/mol. The van der Waals surface area contributed by atoms with Crippen molar-refractivity contribution in [3.05, 3.63) is 44.0 Å². The second-order valence-corrected chi connectivity index (χ2v) is 21.5. The molecule has 1 aromatic carbocycles. The van der Waals surface area contributed by atoms with Crippen LogP contribution in [0, 0.1) is 58.1 Å². The van der Waals surface area contributed by atoms with Crippen molar-refractivity contribution in [3.63, 3.8) is 0 Å². The highest BCUT2D eigenvalue weighted by atomic mass is 16.6. The highest BCUT2D eigenvalue weighted by molar-refractivity contribution is 5.91. The normalized spacial score (nSPS) is 12.5. The third kappa shape index (κ3) is 20.3. The number of non-ortho nitro benzene ring substituents is 2. The monoisotopic (exact) mass is 1120 g/mol. The second-order valence-electron chi connectivity index (χ2n) is 21.5. The molecule has 0 saturated heterocycles. The topological polar surface area (TPSA) is 432 Å². The third-order valence-electron chi connectivity index (χ3n) is 13.2. The van der Waals surface area contributed by atoms with E-state index in [1.165, 1.54) is 41.5 Å². The molecule has 444 valence electrons. The van der Waals surface area contributed by atoms with Crippen LogP contribution in [0.15, 0.2) is 18.2 Å². The van der Waals surface area contributed by atoms with Crippen molar-refractivity contribution in [2.45, 2.75) is 99.8 Å². The van der Waals surface area contributed by atoms with E-state index in [2.05, 4.69) is 0 Å². The highest BCUT2D eigenvalue weighted by Crippen LogP contribution is 2.33. The molecule has 0 fully saturated rings. The number of hydrogen-bond acceptors (Lipinski definition) is 26. The van der Waals surface area contributed by atoms with E-state index in [-0.39, 0.29) is 18.6 Å². The van der Waals surface area contributed by atoms with Gasteiger partial charge in [-0.05, 0) is 54.4 Å². The van der Waals surface area contributed by atoms with E-state index in [4.69, 9.17) is 33.2 Å². The maximum atomic E-state index is 14.1. The fourth-order valence-electron chi connectivity index (χ4n) is 6.36. The van der Waals surface area contributed by atoms with Crippen molar-refractivity contribution in [1.29, 1.82) is 0 Å². The van der Waals surface area contributed by atoms with E-state index < -0.39 is 193 Å². The van der Waals surface area contributed by atoms with Crippen LogP contribution < -0.4 is 0 Å². The minimum Gasteiger partial charge on any atom is -0.464 e. The molecule has 0 saturated carbocycles. The van der Waals surface area contributed by atoms with Crippen molar-refractivity contribution < 1.29 is 117 Å². The van der Waals surface area contributed by atoms with Crippen molar-refractivity contribution >= 4 is 53.2 Å². The van der Waals surface area contributed by atoms with Crippen LogP contribution in [0.25, 0.3) is 0 Å². The molecule has 0 bridgehead atoms. The van der Waals surface area contributed by atoms with Gasteiger partial charge in [0.15, 0.2) is 0 Å². The average Bonchev–Trinajstić information content (AvgIpc) is 3.44. The van der Waals surface area contributed by atoms with Crippen molar-refractivity contribution in [2.24, 2.45) is 37.9 Å². The van der Waals surface area contributed by atoms with Crippen LogP contribution in [-0.2, 0) is 61.9 Å². The van der Waals surface area contributed by atoms with Crippen LogP contribution in [0.5, 0.6) is 0 Å². The van der Waals surface area contributed by atoms with E-state index in [9.17, 15) is 94.6 Å². The van der Waals surface area contributed by atoms with E-state index in [1.807, 2.05) is 0 Å². The number of carbonyl (C=O) groups excluding carboxylic acids is 7. The fourth-order valence-corrected chi connectivity index (χ4v) is 6.36. The number of unbranched alkanes of at least 4 members (excludes halogenated alkanes) is 6. The molecule has 0 amide bonds. The molecule has 0 aliphatic rings. The molecule has 1 rings (SSSR count). The molecule has 0 spiro atoms. The Labute approximate surface area is 450 Å². The summed E-state index contributed by atoms with van der Waals surface area (Å²) >= 11 is 0. The van der Waals surface area contributed by atoms with Gasteiger partial charge in [-0.2, -0.15) is 0 Å². The maximum absolute atomic E-state index is 14.1. The zero-order chi connectivity index (χ0) is 59.8. The lowest BCUT2D eigenvalue weighted by molar-refractivity contribution is -0.394. The molecule has 0 aromatic heterocycles. The van der Waals surface area contributed by atoms with Gasteiger partial charge in [-0.3, -0.25) is 49.0 Å². The number of nitro benzene ring substituents is 2. The van der Waals surface area contributed by atoms with Gasteiger partial charge in [0, 0.05) is 17.5 Å². The summed E-state index contributed by atoms with van der Waals surface area (Å²) < 4.78 is 38.0. The molecule has 28 heteroatoms. The molecule has 28 nitrogen and oxygen atoms in total. The van der Waals surface area contributed by atoms with Gasteiger partial charge in [0.1, 0.15) is 58.9 Å². The van der Waals surface area contributed by atoms with Crippen LogP contribution in [0.1, 0.15) is 110 Å². The van der Waals surface area contributed by atoms with Crippen LogP contribution in [0.4, 0.5) is 11.4 Å². The summed E-state index contributed by atoms with van der Waals surface area (Å²) in [5.41, 5.74) is -14.3. The van der Waals surface area contributed by atoms with Crippen LogP contribution in [-0.4, -0.2) is 192 Å². The van der Waals surface area contributed by atoms with Gasteiger partial charge in [0.05, 0.1) is 94.2 Å². The first-order valence-electron chi connectivity index (χ1n) is 24.9. The number of esters is 7. The van der Waals surface area contributed by atoms with Gasteiger partial charge in [0.25, 0.3) is 11.4 Å². The maximum Gasteiger partial charge on any atom is 0.338 e. The number of nitrogens with zero attached hydrogens (tertiary/aromatic N) is 2. The third-order valence-corrected chi connectivity index (χ3v) is 13.2. The Morgan fingerprint density at radius 1 is 0.385 bits per heavy atom. The number of aliphatic hydroxyl groups excluding tert-OH is 8. The van der Waals surface area contributed by atoms with E-state index in [0.717, 1.165) is 12.1 Å². The lowest BCUT2D eigenvalue weighted by Gasteiger charge is -2.34. The van der Waals surface area contributed by atoms with Crippen molar-refractivity contribution in [2.75, 3.05) is 99.1 Å². The summed E-state index contributed by atoms with van der Waals surface area (Å²) in [4.78, 5) is 113. The van der Waals surface area contributed by atoms with Gasteiger partial charge in [-0.25, -0.2) is 4.79 Å². The Kier molecular flexibility index (Phi) is 28.3. The van der Waals surface area contributed by atoms with Crippen LogP contribution in [0.2, 0.25) is 0 Å². The summed E-state index contributed by atoms with van der Waals surface area (Å²) in [6, 6.07) is 2.46. The van der Waals surface area contributed by atoms with E-state index in [1.54, 1.807) is 6.92 Å². The number of aliphatic hydroxyl groups is 8. The Bertz CT molecular complexity index is 1990. The summed E-state index contributed by atoms with van der Waals surface area (Å²) in [5.74, 6) is -7.83. The number of ether oxygens (including phenoxy) is 7. The highest BCUT2D eigenvalue weighted by Gasteiger charge is 2.47. The zero-order valence-electron chi connectivity index (χ0n) is 45.3. The van der Waals surface area contributed by atoms with Crippen LogP contribution >= 0.6 is 0 Å². The van der Waals surface area contributed by atoms with Crippen LogP contribution in [0.3, 0.4) is 0 Å². The first-order valence-corrected chi connectivity index (χ1v) is 24.9. The molecule has 0 radical (unpaired) electrons. The lowest BCUT2D eigenvalue weighted by atomic mass is 9.85. The number of carbonyl (C=O) groups is 7. The molecule has 8 N–H and O–H groups in total. The zero-order valence-corrected chi connectivity index (χ0v) is 45.3. The van der Waals surface area contributed by atoms with Gasteiger partial charge in [-0.15, -0.1) is 0 Å². The number of benzene rings is 1. The molecule has 0 atom stereocenters. The fraction of sp³-hybridized carbons (Fsp3) is 0.740. The molecule has 78 heavy (non-hydrogen) atoms. The van der Waals surface area contributed by atoms with Crippen molar-refractivity contribution in [3.8, 4) is 0 Å². The molecular weight excluding hydrogens is 1040 g/mol. The summed E-state index contributed by atoms with van der Waals surface area (Å²) in [5, 5.41) is 100. The van der Waals surface area contributed by atoms with Crippen molar-refractivity contribution in [1.82, 2.24) is 0 Å². The quantitative estimate of drug-likeness (QED) is 0.0150. The summed E-state index contributed by atoms with van der Waals surface area (Å²) in [7, 11) is 0. The second kappa shape index (κ2) is 31.5. The summed E-state index contributed by atoms with van der Waals surface area (Å²) in [6.45, 7) is -2.80. The SMILES string of the molecule is CC(CCCCCCCCCOC(=O)c1cc([N+](=O)[O-])cc([N+](=O)[O-])c1)(COC(=O)C(C)(COC(=O)C(C)(CO)CO)COC(=O)C(C)(CO)CO)COC(=O)C(C)(COC(=O)C(C)(CO)CO)COC(=O)C(C)(CO)CO. The van der Waals surface area contributed by atoms with Gasteiger partial charge in [-0.1, -0.05) is 45.4 Å². The molecule has 0 heterocycles. The predicted octanol–water partition coefficient (Wildman–Crippen LogP) is 1.02. The first kappa shape index (κ1) is 70.0. The number of rotatable bonds is 39. The average molecular weight is 1120 g/mol. The number of nitro groups is 2. The minimum absolute atomic E-state index is 0.0796. The number of hydrogen-bond donors (Lipinski definition) is 8. The van der Waals surface area contributed by atoms with Gasteiger partial charge in [0.2, 0.25) is 0 Å². The Balaban J connectivity index is 3.42. The minimum atomic E-state index is -2.04. The van der Waals surface area contributed by atoms with E-state index >= 15 is 0 Å². The Hall–Kier alpha value is -6.01. The van der Waals surface area contributed by atoms with Gasteiger partial charge >= 0.3 is 41.8 Å². The molecule has 1 aromatic rings. The van der Waals surface area contributed by atoms with E-state index in [0.29, 0.717) is 51.0 Å². The smallest absolute Gasteiger partial charge is 0.338 e. The lowest BCUT2D eigenvalue weighted by Crippen LogP contribution is -2.47. The molecule has 0 aliphatic carbocycles.